The number of rotatable bonds is 4. The Morgan fingerprint density at radius 1 is 1.48 bits per heavy atom. The van der Waals surface area contributed by atoms with Crippen molar-refractivity contribution in [1.82, 2.24) is 9.97 Å². The van der Waals surface area contributed by atoms with Gasteiger partial charge in [0.2, 0.25) is 5.95 Å². The largest absolute Gasteiger partial charge is 0.393 e. The second-order valence-corrected chi connectivity index (χ2v) is 7.01. The predicted octanol–water partition coefficient (Wildman–Crippen LogP) is 1.75. The Labute approximate surface area is 139 Å². The van der Waals surface area contributed by atoms with Crippen molar-refractivity contribution in [1.29, 1.82) is 0 Å². The highest BCUT2D eigenvalue weighted by molar-refractivity contribution is 5.97. The molecule has 0 bridgehead atoms. The lowest BCUT2D eigenvalue weighted by molar-refractivity contribution is 0.0739. The molecule has 1 heterocycles. The molecule has 0 radical (unpaired) electrons. The second-order valence-electron chi connectivity index (χ2n) is 7.01. The number of carbonyl (C=O) groups is 1. The summed E-state index contributed by atoms with van der Waals surface area (Å²) in [6.45, 7) is 7.44. The number of hydrogen-bond acceptors (Lipinski definition) is 6. The Bertz CT molecular complexity index is 658. The molecule has 7 heteroatoms. The van der Waals surface area contributed by atoms with Crippen molar-refractivity contribution < 1.29 is 12.6 Å². The summed E-state index contributed by atoms with van der Waals surface area (Å²) in [5.41, 5.74) is 5.28. The van der Waals surface area contributed by atoms with Crippen molar-refractivity contribution in [2.75, 3.05) is 10.6 Å². The highest BCUT2D eigenvalue weighted by Crippen LogP contribution is 2.27. The molecule has 1 saturated carbocycles. The van der Waals surface area contributed by atoms with E-state index in [0.29, 0.717) is 18.8 Å². The van der Waals surface area contributed by atoms with Gasteiger partial charge in [-0.3, -0.25) is 4.79 Å². The Balaban J connectivity index is 2.25. The molecule has 1 aromatic heterocycles. The van der Waals surface area contributed by atoms with E-state index in [1.54, 1.807) is 6.92 Å². The van der Waals surface area contributed by atoms with Crippen molar-refractivity contribution in [3.63, 3.8) is 0 Å². The van der Waals surface area contributed by atoms with Crippen LogP contribution in [0.15, 0.2) is 6.20 Å². The zero-order chi connectivity index (χ0) is 19.0. The van der Waals surface area contributed by atoms with Crippen LogP contribution < -0.4 is 16.4 Å². The van der Waals surface area contributed by atoms with Crippen LogP contribution in [0.2, 0.25) is 0 Å². The van der Waals surface area contributed by atoms with E-state index in [2.05, 4.69) is 20.6 Å². The number of hydrogen-bond donors (Lipinski definition) is 4. The fraction of sp³-hybridized carbons (Fsp3) is 0.688. The fourth-order valence-electron chi connectivity index (χ4n) is 2.43. The number of nitrogens with one attached hydrogen (secondary N) is 2. The van der Waals surface area contributed by atoms with Gasteiger partial charge >= 0.3 is 0 Å². The maximum absolute atomic E-state index is 11.7. The first kappa shape index (κ1) is 14.7. The number of aromatic nitrogens is 2. The first-order valence-corrected chi connectivity index (χ1v) is 7.75. The molecule has 1 aliphatic rings. The number of aliphatic hydroxyl groups is 1. The molecular formula is C16H27N5O2. The molecule has 0 aliphatic heterocycles. The molecule has 1 aromatic rings. The Hall–Kier alpha value is -1.89. The van der Waals surface area contributed by atoms with E-state index in [9.17, 15) is 9.90 Å². The van der Waals surface area contributed by atoms with Gasteiger partial charge in [-0.15, -0.1) is 0 Å². The van der Waals surface area contributed by atoms with Gasteiger partial charge in [-0.2, -0.15) is 4.98 Å². The van der Waals surface area contributed by atoms with E-state index >= 15 is 0 Å². The second kappa shape index (κ2) is 6.70. The van der Waals surface area contributed by atoms with Crippen LogP contribution in [0.25, 0.3) is 0 Å². The smallest absolute Gasteiger partial charge is 0.254 e. The van der Waals surface area contributed by atoms with Crippen molar-refractivity contribution in [3.05, 3.63) is 11.8 Å². The summed E-state index contributed by atoms with van der Waals surface area (Å²) in [5, 5.41) is 16.5. The van der Waals surface area contributed by atoms with Gasteiger partial charge in [0.15, 0.2) is 0 Å². The molecule has 1 fully saturated rings. The van der Waals surface area contributed by atoms with Crippen LogP contribution in [-0.4, -0.2) is 38.6 Å². The first-order chi connectivity index (χ1) is 11.3. The topological polar surface area (TPSA) is 113 Å². The number of carbonyl (C=O) groups excluding carboxylic acids is 1. The molecule has 0 aromatic carbocycles. The molecule has 2 rings (SSSR count). The van der Waals surface area contributed by atoms with E-state index < -0.39 is 17.9 Å². The molecule has 5 N–H and O–H groups in total. The van der Waals surface area contributed by atoms with E-state index in [1.807, 2.05) is 20.8 Å². The van der Waals surface area contributed by atoms with E-state index in [4.69, 9.17) is 8.48 Å². The molecule has 3 unspecified atom stereocenters. The van der Waals surface area contributed by atoms with Crippen LogP contribution in [-0.2, 0) is 0 Å². The van der Waals surface area contributed by atoms with E-state index in [1.165, 1.54) is 6.20 Å². The van der Waals surface area contributed by atoms with Crippen LogP contribution in [0.5, 0.6) is 0 Å². The number of nitrogens with two attached hydrogens (primary N) is 1. The van der Waals surface area contributed by atoms with Crippen molar-refractivity contribution >= 4 is 17.7 Å². The zero-order valence-electron chi connectivity index (χ0n) is 16.1. The Morgan fingerprint density at radius 2 is 2.17 bits per heavy atom. The lowest BCUT2D eigenvalue weighted by Crippen LogP contribution is -2.36. The summed E-state index contributed by atoms with van der Waals surface area (Å²) < 4.78 is 16.1. The maximum atomic E-state index is 11.7. The number of amides is 1. The average molecular weight is 323 g/mol. The summed E-state index contributed by atoms with van der Waals surface area (Å²) in [6.07, 6.45) is 0.461. The molecule has 7 nitrogen and oxygen atoms in total. The van der Waals surface area contributed by atoms with Gasteiger partial charge in [-0.25, -0.2) is 4.98 Å². The van der Waals surface area contributed by atoms with Crippen LogP contribution in [0.1, 0.15) is 60.1 Å². The molecular weight excluding hydrogens is 294 g/mol. The van der Waals surface area contributed by atoms with E-state index in [-0.39, 0.29) is 29.4 Å². The lowest BCUT2D eigenvalue weighted by Gasteiger charge is -2.32. The van der Waals surface area contributed by atoms with Gasteiger partial charge in [0.1, 0.15) is 5.82 Å². The highest BCUT2D eigenvalue weighted by atomic mass is 16.3. The molecule has 0 spiro atoms. The fourth-order valence-corrected chi connectivity index (χ4v) is 2.43. The maximum Gasteiger partial charge on any atom is 0.254 e. The molecule has 3 atom stereocenters. The van der Waals surface area contributed by atoms with Crippen LogP contribution in [0, 0.1) is 5.89 Å². The molecule has 1 amide bonds. The summed E-state index contributed by atoms with van der Waals surface area (Å²) in [6, 6.07) is -0.295. The Kier molecular flexibility index (Phi) is 4.28. The number of anilines is 2. The van der Waals surface area contributed by atoms with Gasteiger partial charge in [0, 0.05) is 19.1 Å². The van der Waals surface area contributed by atoms with Gasteiger partial charge in [-0.1, -0.05) is 6.92 Å². The van der Waals surface area contributed by atoms with Gasteiger partial charge in [0.25, 0.3) is 5.91 Å². The third-order valence-corrected chi connectivity index (χ3v) is 3.68. The SMILES string of the molecule is [2H]C1(C)CCC(Nc2nc(NC(C)(C)C)ncc2C(N)=O)CC1([2H])O. The minimum Gasteiger partial charge on any atom is -0.393 e. The minimum atomic E-state index is -1.88. The van der Waals surface area contributed by atoms with Crippen molar-refractivity contribution in [3.8, 4) is 0 Å². The zero-order valence-corrected chi connectivity index (χ0v) is 14.1. The number of nitrogens with zero attached hydrogens (tertiary/aromatic N) is 2. The molecule has 128 valence electrons. The molecule has 23 heavy (non-hydrogen) atoms. The summed E-state index contributed by atoms with van der Waals surface area (Å²) in [4.78, 5) is 20.1. The summed E-state index contributed by atoms with van der Waals surface area (Å²) in [7, 11) is 0. The predicted molar refractivity (Wildman–Crippen MR) is 90.4 cm³/mol. The molecule has 0 saturated heterocycles. The lowest BCUT2D eigenvalue weighted by atomic mass is 9.85. The van der Waals surface area contributed by atoms with Gasteiger partial charge < -0.3 is 21.5 Å². The normalized spacial score (nSPS) is 32.7. The number of primary amides is 1. The van der Waals surface area contributed by atoms with Crippen LogP contribution >= 0.6 is 0 Å². The first-order valence-electron chi connectivity index (χ1n) is 8.75. The average Bonchev–Trinajstić information content (AvgIpc) is 2.41. The monoisotopic (exact) mass is 323 g/mol. The quantitative estimate of drug-likeness (QED) is 0.671. The third-order valence-electron chi connectivity index (χ3n) is 3.68. The highest BCUT2D eigenvalue weighted by Gasteiger charge is 2.27. The minimum absolute atomic E-state index is 0.0528. The van der Waals surface area contributed by atoms with Gasteiger partial charge in [0.05, 0.1) is 13.0 Å². The standard InChI is InChI=1S/C16H27N5O2/c1-9-5-6-10(7-12(9)22)19-14-11(13(17)23)8-18-15(20-14)21-16(2,3)4/h8-10,12,22H,5-7H2,1-4H3,(H2,17,23)(H2,18,19,20,21)/i9D,12D. The summed E-state index contributed by atoms with van der Waals surface area (Å²) in [5.74, 6) is -1.28. The third kappa shape index (κ3) is 4.79. The van der Waals surface area contributed by atoms with Crippen LogP contribution in [0.4, 0.5) is 11.8 Å². The van der Waals surface area contributed by atoms with Crippen molar-refractivity contribution in [2.24, 2.45) is 11.6 Å². The summed E-state index contributed by atoms with van der Waals surface area (Å²) >= 11 is 0. The van der Waals surface area contributed by atoms with Crippen molar-refractivity contribution in [2.45, 2.75) is 64.6 Å². The van der Waals surface area contributed by atoms with E-state index in [0.717, 1.165) is 0 Å². The van der Waals surface area contributed by atoms with Crippen LogP contribution in [0.3, 0.4) is 0 Å². The Morgan fingerprint density at radius 3 is 2.74 bits per heavy atom. The van der Waals surface area contributed by atoms with Gasteiger partial charge in [-0.05, 0) is 45.9 Å². The molecule has 1 aliphatic carbocycles.